The average molecular weight is 612 g/mol. The van der Waals surface area contributed by atoms with Crippen LogP contribution in [0.4, 0.5) is 0 Å². The molecule has 0 fully saturated rings. The molecule has 0 radical (unpaired) electrons. The van der Waals surface area contributed by atoms with Crippen LogP contribution in [0.1, 0.15) is 22.3 Å². The molecule has 0 aliphatic carbocycles. The van der Waals surface area contributed by atoms with Crippen LogP contribution < -0.4 is 0 Å². The van der Waals surface area contributed by atoms with Gasteiger partial charge in [-0.2, -0.15) is 0 Å². The van der Waals surface area contributed by atoms with Gasteiger partial charge in [0, 0.05) is 16.2 Å². The average Bonchev–Trinajstić information content (AvgIpc) is 3.51. The summed E-state index contributed by atoms with van der Waals surface area (Å²) in [6.07, 6.45) is 0. The van der Waals surface area contributed by atoms with Gasteiger partial charge in [0.1, 0.15) is 0 Å². The van der Waals surface area contributed by atoms with Gasteiger partial charge in [0.15, 0.2) is 0 Å². The number of aromatic nitrogens is 1. The molecule has 0 saturated carbocycles. The lowest BCUT2D eigenvalue weighted by atomic mass is 9.65. The highest BCUT2D eigenvalue weighted by molar-refractivity contribution is 6.11. The maximum atomic E-state index is 2.42. The number of rotatable bonds is 6. The predicted octanol–water partition coefficient (Wildman–Crippen LogP) is 12.0. The van der Waals surface area contributed by atoms with Crippen molar-refractivity contribution in [3.63, 3.8) is 0 Å². The first-order chi connectivity index (χ1) is 23.8. The van der Waals surface area contributed by atoms with Crippen molar-refractivity contribution in [1.29, 1.82) is 0 Å². The molecule has 0 N–H and O–H groups in total. The molecule has 0 aliphatic rings. The van der Waals surface area contributed by atoms with Gasteiger partial charge in [-0.05, 0) is 57.0 Å². The molecular weight excluding hydrogens is 579 g/mol. The predicted molar refractivity (Wildman–Crippen MR) is 202 cm³/mol. The van der Waals surface area contributed by atoms with E-state index in [0.717, 1.165) is 0 Å². The molecule has 226 valence electrons. The first-order valence-electron chi connectivity index (χ1n) is 16.6. The lowest BCUT2D eigenvalue weighted by molar-refractivity contribution is 0.745. The van der Waals surface area contributed by atoms with Gasteiger partial charge in [0.25, 0.3) is 0 Å². The lowest BCUT2D eigenvalue weighted by Gasteiger charge is -2.37. The Balaban J connectivity index is 1.23. The third-order valence-corrected chi connectivity index (χ3v) is 9.97. The van der Waals surface area contributed by atoms with Crippen molar-refractivity contribution < 1.29 is 0 Å². The molecule has 9 rings (SSSR count). The molecule has 0 bridgehead atoms. The van der Waals surface area contributed by atoms with E-state index in [9.17, 15) is 0 Å². The van der Waals surface area contributed by atoms with E-state index in [2.05, 4.69) is 205 Å². The normalized spacial score (nSPS) is 11.8. The molecule has 9 aromatic rings. The van der Waals surface area contributed by atoms with E-state index in [1.807, 2.05) is 0 Å². The molecule has 0 saturated heterocycles. The number of para-hydroxylation sites is 2. The minimum atomic E-state index is -0.467. The quantitative estimate of drug-likeness (QED) is 0.165. The van der Waals surface area contributed by atoms with Gasteiger partial charge in [0.2, 0.25) is 0 Å². The van der Waals surface area contributed by atoms with E-state index in [4.69, 9.17) is 0 Å². The fourth-order valence-electron chi connectivity index (χ4n) is 7.88. The maximum absolute atomic E-state index is 2.42. The summed E-state index contributed by atoms with van der Waals surface area (Å²) in [4.78, 5) is 0. The van der Waals surface area contributed by atoms with Crippen molar-refractivity contribution >= 4 is 32.6 Å². The van der Waals surface area contributed by atoms with Crippen molar-refractivity contribution in [2.24, 2.45) is 0 Å². The van der Waals surface area contributed by atoms with Crippen LogP contribution in [0.2, 0.25) is 0 Å². The van der Waals surface area contributed by atoms with Gasteiger partial charge in [-0.15, -0.1) is 0 Å². The largest absolute Gasteiger partial charge is 0.309 e. The van der Waals surface area contributed by atoms with Crippen LogP contribution in [0.25, 0.3) is 49.4 Å². The Bertz CT molecular complexity index is 2380. The number of benzene rings is 8. The summed E-state index contributed by atoms with van der Waals surface area (Å²) < 4.78 is 2.42. The third-order valence-electron chi connectivity index (χ3n) is 9.97. The number of fused-ring (bicyclic) bond motifs is 4. The van der Waals surface area contributed by atoms with Gasteiger partial charge >= 0.3 is 0 Å². The smallest absolute Gasteiger partial charge is 0.0701 e. The summed E-state index contributed by atoms with van der Waals surface area (Å²) in [6, 6.07) is 72.9. The molecular formula is C47H33N. The number of nitrogens with zero attached hydrogens (tertiary/aromatic N) is 1. The van der Waals surface area contributed by atoms with E-state index < -0.39 is 5.41 Å². The van der Waals surface area contributed by atoms with Crippen LogP contribution in [0, 0.1) is 0 Å². The number of hydrogen-bond donors (Lipinski definition) is 0. The third kappa shape index (κ3) is 4.32. The Kier molecular flexibility index (Phi) is 6.76. The Labute approximate surface area is 281 Å². The molecule has 0 spiro atoms. The van der Waals surface area contributed by atoms with Crippen molar-refractivity contribution in [3.05, 3.63) is 222 Å². The molecule has 0 amide bonds. The standard InChI is InChI=1S/C47H33N/c1-4-16-35(17-5-1)47(36-18-6-2-7-19-36,37-20-8-3-9-21-37)38-30-28-34(29-31-38)39-32-33-46(41-23-11-10-22-40(39)41)48-44-26-14-12-24-42(44)43-25-13-15-27-45(43)48/h1-33H. The highest BCUT2D eigenvalue weighted by Gasteiger charge is 2.38. The summed E-state index contributed by atoms with van der Waals surface area (Å²) in [5.41, 5.74) is 10.6. The van der Waals surface area contributed by atoms with Gasteiger partial charge in [-0.1, -0.05) is 182 Å². The Morgan fingerprint density at radius 3 is 1.19 bits per heavy atom. The Hall–Kier alpha value is -6.18. The zero-order valence-corrected chi connectivity index (χ0v) is 26.5. The molecule has 0 unspecified atom stereocenters. The fourth-order valence-corrected chi connectivity index (χ4v) is 7.88. The summed E-state index contributed by atoms with van der Waals surface area (Å²) in [7, 11) is 0. The number of hydrogen-bond acceptors (Lipinski definition) is 0. The van der Waals surface area contributed by atoms with E-state index in [1.165, 1.54) is 71.6 Å². The highest BCUT2D eigenvalue weighted by Crippen LogP contribution is 2.46. The molecule has 1 heteroatoms. The SMILES string of the molecule is c1ccc(C(c2ccccc2)(c2ccccc2)c2ccc(-c3ccc(-n4c5ccccc5c5ccccc54)c4ccccc34)cc2)cc1. The maximum Gasteiger partial charge on any atom is 0.0701 e. The zero-order chi connectivity index (χ0) is 31.9. The Morgan fingerprint density at radius 1 is 0.292 bits per heavy atom. The molecule has 8 aromatic carbocycles. The van der Waals surface area contributed by atoms with Gasteiger partial charge in [0.05, 0.1) is 22.1 Å². The molecule has 0 atom stereocenters. The topological polar surface area (TPSA) is 4.93 Å². The summed E-state index contributed by atoms with van der Waals surface area (Å²) in [6.45, 7) is 0. The lowest BCUT2D eigenvalue weighted by Crippen LogP contribution is -2.30. The van der Waals surface area contributed by atoms with Gasteiger partial charge in [-0.25, -0.2) is 0 Å². The molecule has 1 heterocycles. The second-order valence-electron chi connectivity index (χ2n) is 12.5. The molecule has 1 nitrogen and oxygen atoms in total. The van der Waals surface area contributed by atoms with Crippen molar-refractivity contribution in [3.8, 4) is 16.8 Å². The first kappa shape index (κ1) is 28.1. The van der Waals surface area contributed by atoms with Crippen LogP contribution in [0.5, 0.6) is 0 Å². The fraction of sp³-hybridized carbons (Fsp3) is 0.0213. The van der Waals surface area contributed by atoms with E-state index in [0.29, 0.717) is 0 Å². The highest BCUT2D eigenvalue weighted by atomic mass is 15.0. The van der Waals surface area contributed by atoms with Crippen LogP contribution in [0.15, 0.2) is 200 Å². The van der Waals surface area contributed by atoms with Crippen LogP contribution >= 0.6 is 0 Å². The van der Waals surface area contributed by atoms with E-state index >= 15 is 0 Å². The first-order valence-corrected chi connectivity index (χ1v) is 16.6. The van der Waals surface area contributed by atoms with Crippen molar-refractivity contribution in [1.82, 2.24) is 4.57 Å². The summed E-state index contributed by atoms with van der Waals surface area (Å²) >= 11 is 0. The van der Waals surface area contributed by atoms with Crippen molar-refractivity contribution in [2.45, 2.75) is 5.41 Å². The van der Waals surface area contributed by atoms with Crippen LogP contribution in [-0.2, 0) is 5.41 Å². The van der Waals surface area contributed by atoms with Crippen LogP contribution in [-0.4, -0.2) is 4.57 Å². The monoisotopic (exact) mass is 611 g/mol. The molecule has 1 aromatic heterocycles. The van der Waals surface area contributed by atoms with Crippen molar-refractivity contribution in [2.75, 3.05) is 0 Å². The minimum absolute atomic E-state index is 0.467. The Morgan fingerprint density at radius 2 is 0.688 bits per heavy atom. The second-order valence-corrected chi connectivity index (χ2v) is 12.5. The van der Waals surface area contributed by atoms with Gasteiger partial charge < -0.3 is 4.57 Å². The van der Waals surface area contributed by atoms with E-state index in [1.54, 1.807) is 0 Å². The van der Waals surface area contributed by atoms with E-state index in [-0.39, 0.29) is 0 Å². The minimum Gasteiger partial charge on any atom is -0.309 e. The summed E-state index contributed by atoms with van der Waals surface area (Å²) in [5, 5.41) is 5.02. The van der Waals surface area contributed by atoms with Gasteiger partial charge in [-0.3, -0.25) is 0 Å². The summed E-state index contributed by atoms with van der Waals surface area (Å²) in [5.74, 6) is 0. The second kappa shape index (κ2) is 11.6. The zero-order valence-electron chi connectivity index (χ0n) is 26.5. The molecule has 0 aliphatic heterocycles. The molecule has 48 heavy (non-hydrogen) atoms. The van der Waals surface area contributed by atoms with Crippen LogP contribution in [0.3, 0.4) is 0 Å².